The Balaban J connectivity index is 1.61. The van der Waals surface area contributed by atoms with Gasteiger partial charge in [-0.25, -0.2) is 9.67 Å². The number of likely N-dealkylation sites (N-methyl/N-ethyl adjacent to an activating group) is 1. The van der Waals surface area contributed by atoms with Crippen molar-refractivity contribution in [2.75, 3.05) is 34.4 Å². The van der Waals surface area contributed by atoms with E-state index in [2.05, 4.69) is 10.1 Å². The average Bonchev–Trinajstić information content (AvgIpc) is 3.05. The minimum absolute atomic E-state index is 0.0815. The van der Waals surface area contributed by atoms with Crippen molar-refractivity contribution in [2.45, 2.75) is 20.3 Å². The highest BCUT2D eigenvalue weighted by molar-refractivity contribution is 5.85. The number of rotatable bonds is 8. The van der Waals surface area contributed by atoms with Crippen molar-refractivity contribution in [3.63, 3.8) is 0 Å². The van der Waals surface area contributed by atoms with Gasteiger partial charge in [0.2, 0.25) is 5.88 Å². The van der Waals surface area contributed by atoms with Gasteiger partial charge in [-0.05, 0) is 49.6 Å². The van der Waals surface area contributed by atoms with E-state index in [-0.39, 0.29) is 12.5 Å². The van der Waals surface area contributed by atoms with Gasteiger partial charge in [0.15, 0.2) is 23.8 Å². The number of carbonyl (C=O) groups is 1. The molecule has 160 valence electrons. The number of hydrogen-bond acceptors (Lipinski definition) is 6. The number of hydrogen-bond donors (Lipinski definition) is 0. The van der Waals surface area contributed by atoms with Crippen LogP contribution in [0, 0.1) is 13.8 Å². The maximum atomic E-state index is 12.5. The lowest BCUT2D eigenvalue weighted by molar-refractivity contribution is -0.132. The Morgan fingerprint density at radius 1 is 1.13 bits per heavy atom. The lowest BCUT2D eigenvalue weighted by Crippen LogP contribution is -2.33. The highest BCUT2D eigenvalue weighted by Gasteiger charge is 2.17. The number of aromatic nitrogens is 3. The van der Waals surface area contributed by atoms with Gasteiger partial charge in [0.25, 0.3) is 5.91 Å². The molecule has 0 bridgehead atoms. The predicted octanol–water partition coefficient (Wildman–Crippen LogP) is 2.68. The first kappa shape index (κ1) is 21.4. The number of carbonyl (C=O) groups excluding carboxylic acids is 1. The quantitative estimate of drug-likeness (QED) is 0.566. The number of pyridine rings is 1. The molecule has 0 fully saturated rings. The van der Waals surface area contributed by atoms with E-state index in [0.29, 0.717) is 30.3 Å². The summed E-state index contributed by atoms with van der Waals surface area (Å²) in [6.45, 7) is 4.40. The van der Waals surface area contributed by atoms with Crippen LogP contribution in [0.2, 0.25) is 0 Å². The van der Waals surface area contributed by atoms with Crippen molar-refractivity contribution in [1.82, 2.24) is 19.7 Å². The third kappa shape index (κ3) is 4.48. The minimum atomic E-state index is -0.119. The molecular weight excluding hydrogens is 384 g/mol. The second kappa shape index (κ2) is 9.02. The van der Waals surface area contributed by atoms with Crippen LogP contribution in [0.5, 0.6) is 17.4 Å². The maximum Gasteiger partial charge on any atom is 0.260 e. The third-order valence-electron chi connectivity index (χ3n) is 5.03. The molecule has 0 spiro atoms. The first-order valence-electron chi connectivity index (χ1n) is 9.72. The summed E-state index contributed by atoms with van der Waals surface area (Å²) in [5, 5.41) is 5.22. The molecule has 0 aliphatic rings. The minimum Gasteiger partial charge on any atom is -0.493 e. The molecule has 3 aromatic rings. The van der Waals surface area contributed by atoms with E-state index in [0.717, 1.165) is 27.9 Å². The number of aryl methyl sites for hydroxylation is 3. The van der Waals surface area contributed by atoms with Crippen LogP contribution in [-0.4, -0.2) is 60.0 Å². The number of amides is 1. The van der Waals surface area contributed by atoms with Gasteiger partial charge in [-0.3, -0.25) is 4.79 Å². The van der Waals surface area contributed by atoms with E-state index in [1.807, 2.05) is 45.2 Å². The lowest BCUT2D eigenvalue weighted by Gasteiger charge is -2.17. The van der Waals surface area contributed by atoms with Crippen molar-refractivity contribution in [2.24, 2.45) is 7.05 Å². The van der Waals surface area contributed by atoms with E-state index >= 15 is 0 Å². The van der Waals surface area contributed by atoms with Crippen LogP contribution >= 0.6 is 0 Å². The molecule has 1 amide bonds. The molecule has 2 aromatic heterocycles. The van der Waals surface area contributed by atoms with Crippen LogP contribution in [0.15, 0.2) is 24.3 Å². The Bertz CT molecular complexity index is 1060. The van der Waals surface area contributed by atoms with E-state index in [4.69, 9.17) is 14.2 Å². The second-order valence-corrected chi connectivity index (χ2v) is 7.25. The number of ether oxygens (including phenoxy) is 3. The third-order valence-corrected chi connectivity index (χ3v) is 5.03. The Labute approximate surface area is 176 Å². The van der Waals surface area contributed by atoms with Gasteiger partial charge < -0.3 is 19.1 Å². The summed E-state index contributed by atoms with van der Waals surface area (Å²) < 4.78 is 18.0. The molecule has 0 saturated heterocycles. The van der Waals surface area contributed by atoms with Crippen LogP contribution in [0.4, 0.5) is 0 Å². The topological polar surface area (TPSA) is 78.7 Å². The van der Waals surface area contributed by atoms with Crippen LogP contribution in [0.3, 0.4) is 0 Å². The van der Waals surface area contributed by atoms with E-state index in [1.165, 1.54) is 0 Å². The zero-order valence-electron chi connectivity index (χ0n) is 18.4. The first-order chi connectivity index (χ1) is 14.3. The summed E-state index contributed by atoms with van der Waals surface area (Å²) >= 11 is 0. The summed E-state index contributed by atoms with van der Waals surface area (Å²) in [6, 6.07) is 7.73. The molecule has 0 unspecified atom stereocenters. The lowest BCUT2D eigenvalue weighted by atomic mass is 10.1. The molecule has 1 aromatic carbocycles. The van der Waals surface area contributed by atoms with Crippen LogP contribution in [0.1, 0.15) is 16.8 Å². The Hall–Kier alpha value is -3.29. The summed E-state index contributed by atoms with van der Waals surface area (Å²) in [5.41, 5.74) is 3.74. The molecule has 8 nitrogen and oxygen atoms in total. The zero-order valence-corrected chi connectivity index (χ0v) is 18.4. The molecule has 0 saturated carbocycles. The number of methoxy groups -OCH3 is 2. The van der Waals surface area contributed by atoms with Gasteiger partial charge in [-0.1, -0.05) is 6.07 Å². The molecule has 8 heteroatoms. The monoisotopic (exact) mass is 412 g/mol. The largest absolute Gasteiger partial charge is 0.493 e. The van der Waals surface area contributed by atoms with E-state index in [9.17, 15) is 4.79 Å². The number of benzene rings is 1. The molecular formula is C22H28N4O4. The molecule has 0 aliphatic heterocycles. The SMILES string of the molecule is COc1ccc(CCN(C)C(=O)COc2nn(C)c3nc(C)cc(C)c23)cc1OC. The maximum absolute atomic E-state index is 12.5. The van der Waals surface area contributed by atoms with E-state index in [1.54, 1.807) is 30.8 Å². The summed E-state index contributed by atoms with van der Waals surface area (Å²) in [4.78, 5) is 18.7. The summed E-state index contributed by atoms with van der Waals surface area (Å²) in [7, 11) is 6.79. The van der Waals surface area contributed by atoms with Crippen molar-refractivity contribution < 1.29 is 19.0 Å². The molecule has 0 N–H and O–H groups in total. The number of fused-ring (bicyclic) bond motifs is 1. The van der Waals surface area contributed by atoms with Crippen molar-refractivity contribution >= 4 is 16.9 Å². The van der Waals surface area contributed by atoms with Crippen molar-refractivity contribution in [1.29, 1.82) is 0 Å². The van der Waals surface area contributed by atoms with Crippen molar-refractivity contribution in [3.05, 3.63) is 41.1 Å². The number of nitrogens with zero attached hydrogens (tertiary/aromatic N) is 4. The normalized spacial score (nSPS) is 10.9. The highest BCUT2D eigenvalue weighted by Crippen LogP contribution is 2.28. The molecule has 0 aliphatic carbocycles. The Kier molecular flexibility index (Phi) is 6.44. The van der Waals surface area contributed by atoms with Gasteiger partial charge in [-0.15, -0.1) is 5.10 Å². The molecule has 0 atom stereocenters. The van der Waals surface area contributed by atoms with Gasteiger partial charge in [-0.2, -0.15) is 0 Å². The predicted molar refractivity (Wildman–Crippen MR) is 114 cm³/mol. The van der Waals surface area contributed by atoms with Gasteiger partial charge >= 0.3 is 0 Å². The molecule has 30 heavy (non-hydrogen) atoms. The second-order valence-electron chi connectivity index (χ2n) is 7.25. The molecule has 2 heterocycles. The van der Waals surface area contributed by atoms with Gasteiger partial charge in [0.05, 0.1) is 19.6 Å². The smallest absolute Gasteiger partial charge is 0.260 e. The van der Waals surface area contributed by atoms with Gasteiger partial charge in [0, 0.05) is 26.3 Å². The molecule has 3 rings (SSSR count). The van der Waals surface area contributed by atoms with Crippen LogP contribution in [-0.2, 0) is 18.3 Å². The van der Waals surface area contributed by atoms with Crippen LogP contribution in [0.25, 0.3) is 11.0 Å². The summed E-state index contributed by atoms with van der Waals surface area (Å²) in [5.74, 6) is 1.67. The van der Waals surface area contributed by atoms with E-state index < -0.39 is 0 Å². The fraction of sp³-hybridized carbons (Fsp3) is 0.409. The standard InChI is InChI=1S/C22H28N4O4/c1-14-11-15(2)23-21-20(14)22(24-26(21)4)30-13-19(27)25(3)10-9-16-7-8-17(28-5)18(12-16)29-6/h7-8,11-12H,9-10,13H2,1-6H3. The van der Waals surface area contributed by atoms with Gasteiger partial charge in [0.1, 0.15) is 0 Å². The summed E-state index contributed by atoms with van der Waals surface area (Å²) in [6.07, 6.45) is 0.692. The van der Waals surface area contributed by atoms with Crippen molar-refractivity contribution in [3.8, 4) is 17.4 Å². The average molecular weight is 412 g/mol. The Morgan fingerprint density at radius 2 is 1.87 bits per heavy atom. The fourth-order valence-corrected chi connectivity index (χ4v) is 3.35. The first-order valence-corrected chi connectivity index (χ1v) is 9.72. The Morgan fingerprint density at radius 3 is 2.57 bits per heavy atom. The highest BCUT2D eigenvalue weighted by atomic mass is 16.5. The molecule has 0 radical (unpaired) electrons. The zero-order chi connectivity index (χ0) is 21.8. The van der Waals surface area contributed by atoms with Crippen LogP contribution < -0.4 is 14.2 Å². The fourth-order valence-electron chi connectivity index (χ4n) is 3.35.